The van der Waals surface area contributed by atoms with E-state index in [2.05, 4.69) is 22.9 Å². The standard InChI is InChI=1S/C12H18N2OS/c1-9-8-14(5-6-16-9)11-3-4-12(10(2)15)13-7-11/h3-4,7,9-10,15H,5-6,8H2,1-2H3. The number of aliphatic hydroxyl groups is 1. The zero-order valence-electron chi connectivity index (χ0n) is 9.76. The van der Waals surface area contributed by atoms with Crippen molar-refractivity contribution >= 4 is 17.4 Å². The van der Waals surface area contributed by atoms with E-state index in [0.29, 0.717) is 5.25 Å². The lowest BCUT2D eigenvalue weighted by Crippen LogP contribution is -2.36. The summed E-state index contributed by atoms with van der Waals surface area (Å²) in [5, 5.41) is 10.1. The molecule has 88 valence electrons. The molecule has 0 bridgehead atoms. The van der Waals surface area contributed by atoms with Gasteiger partial charge < -0.3 is 10.0 Å². The molecule has 0 spiro atoms. The third kappa shape index (κ3) is 2.68. The lowest BCUT2D eigenvalue weighted by atomic mass is 10.2. The van der Waals surface area contributed by atoms with Crippen LogP contribution in [0.15, 0.2) is 18.3 Å². The third-order valence-corrected chi connectivity index (χ3v) is 3.94. The van der Waals surface area contributed by atoms with E-state index in [1.807, 2.05) is 24.0 Å². The summed E-state index contributed by atoms with van der Waals surface area (Å²) in [6.07, 6.45) is 1.38. The van der Waals surface area contributed by atoms with Gasteiger partial charge in [0.15, 0.2) is 0 Å². The Labute approximate surface area is 101 Å². The van der Waals surface area contributed by atoms with Gasteiger partial charge in [0.1, 0.15) is 0 Å². The van der Waals surface area contributed by atoms with E-state index in [-0.39, 0.29) is 0 Å². The van der Waals surface area contributed by atoms with Crippen molar-refractivity contribution in [2.75, 3.05) is 23.7 Å². The average Bonchev–Trinajstić information content (AvgIpc) is 2.29. The molecule has 4 heteroatoms. The number of pyridine rings is 1. The van der Waals surface area contributed by atoms with Crippen molar-refractivity contribution in [3.8, 4) is 0 Å². The van der Waals surface area contributed by atoms with Gasteiger partial charge >= 0.3 is 0 Å². The number of thioether (sulfide) groups is 1. The van der Waals surface area contributed by atoms with E-state index < -0.39 is 6.10 Å². The number of hydrogen-bond acceptors (Lipinski definition) is 4. The van der Waals surface area contributed by atoms with Crippen LogP contribution in [-0.4, -0.2) is 34.2 Å². The minimum atomic E-state index is -0.482. The van der Waals surface area contributed by atoms with Crippen LogP contribution in [0.4, 0.5) is 5.69 Å². The molecular weight excluding hydrogens is 220 g/mol. The highest BCUT2D eigenvalue weighted by molar-refractivity contribution is 8.00. The summed E-state index contributed by atoms with van der Waals surface area (Å²) in [6, 6.07) is 3.96. The number of anilines is 1. The van der Waals surface area contributed by atoms with Gasteiger partial charge in [0.2, 0.25) is 0 Å². The van der Waals surface area contributed by atoms with Crippen molar-refractivity contribution < 1.29 is 5.11 Å². The topological polar surface area (TPSA) is 36.4 Å². The van der Waals surface area contributed by atoms with Crippen LogP contribution in [0, 0.1) is 0 Å². The van der Waals surface area contributed by atoms with Crippen LogP contribution in [0.1, 0.15) is 25.6 Å². The fraction of sp³-hybridized carbons (Fsp3) is 0.583. The first-order valence-corrected chi connectivity index (χ1v) is 6.72. The van der Waals surface area contributed by atoms with Crippen molar-refractivity contribution in [3.05, 3.63) is 24.0 Å². The summed E-state index contributed by atoms with van der Waals surface area (Å²) in [5.74, 6) is 1.18. The fourth-order valence-corrected chi connectivity index (χ4v) is 2.90. The molecular formula is C12H18N2OS. The molecule has 3 nitrogen and oxygen atoms in total. The molecule has 1 N–H and O–H groups in total. The molecule has 0 radical (unpaired) electrons. The van der Waals surface area contributed by atoms with E-state index in [4.69, 9.17) is 0 Å². The molecule has 1 saturated heterocycles. The number of hydrogen-bond donors (Lipinski definition) is 1. The summed E-state index contributed by atoms with van der Waals surface area (Å²) in [7, 11) is 0. The van der Waals surface area contributed by atoms with Crippen LogP contribution >= 0.6 is 11.8 Å². The summed E-state index contributed by atoms with van der Waals surface area (Å²) < 4.78 is 0. The van der Waals surface area contributed by atoms with E-state index in [1.54, 1.807) is 6.92 Å². The van der Waals surface area contributed by atoms with Crippen molar-refractivity contribution in [3.63, 3.8) is 0 Å². The van der Waals surface area contributed by atoms with Crippen LogP contribution < -0.4 is 4.90 Å². The molecule has 2 unspecified atom stereocenters. The van der Waals surface area contributed by atoms with Crippen LogP contribution in [0.5, 0.6) is 0 Å². The van der Waals surface area contributed by atoms with Crippen molar-refractivity contribution in [1.29, 1.82) is 0 Å². The third-order valence-electron chi connectivity index (χ3n) is 2.81. The maximum atomic E-state index is 9.39. The largest absolute Gasteiger partial charge is 0.387 e. The minimum absolute atomic E-state index is 0.482. The van der Waals surface area contributed by atoms with E-state index in [9.17, 15) is 5.11 Å². The summed E-state index contributed by atoms with van der Waals surface area (Å²) in [4.78, 5) is 6.64. The van der Waals surface area contributed by atoms with Gasteiger partial charge in [0, 0.05) is 24.1 Å². The maximum absolute atomic E-state index is 9.39. The maximum Gasteiger partial charge on any atom is 0.0931 e. The van der Waals surface area contributed by atoms with Gasteiger partial charge in [0.25, 0.3) is 0 Å². The van der Waals surface area contributed by atoms with Crippen molar-refractivity contribution in [2.45, 2.75) is 25.2 Å². The number of aliphatic hydroxyl groups excluding tert-OH is 1. The Morgan fingerprint density at radius 1 is 1.56 bits per heavy atom. The lowest BCUT2D eigenvalue weighted by Gasteiger charge is -2.32. The van der Waals surface area contributed by atoms with Crippen LogP contribution in [-0.2, 0) is 0 Å². The Balaban J connectivity index is 2.09. The first-order valence-electron chi connectivity index (χ1n) is 5.67. The molecule has 1 aliphatic rings. The number of rotatable bonds is 2. The molecule has 1 aromatic heterocycles. The molecule has 0 amide bonds. The highest BCUT2D eigenvalue weighted by atomic mass is 32.2. The van der Waals surface area contributed by atoms with Gasteiger partial charge in [-0.3, -0.25) is 4.98 Å². The normalized spacial score (nSPS) is 23.2. The second-order valence-electron chi connectivity index (χ2n) is 4.24. The minimum Gasteiger partial charge on any atom is -0.387 e. The van der Waals surface area contributed by atoms with Crippen LogP contribution in [0.3, 0.4) is 0 Å². The predicted molar refractivity (Wildman–Crippen MR) is 69.0 cm³/mol. The number of nitrogens with zero attached hydrogens (tertiary/aromatic N) is 2. The number of aromatic nitrogens is 1. The highest BCUT2D eigenvalue weighted by Crippen LogP contribution is 2.23. The molecule has 0 aromatic carbocycles. The molecule has 0 aliphatic carbocycles. The second-order valence-corrected chi connectivity index (χ2v) is 5.79. The summed E-state index contributed by atoms with van der Waals surface area (Å²) >= 11 is 2.02. The van der Waals surface area contributed by atoms with E-state index >= 15 is 0 Å². The first kappa shape index (κ1) is 11.7. The van der Waals surface area contributed by atoms with Crippen LogP contribution in [0.2, 0.25) is 0 Å². The Kier molecular flexibility index (Phi) is 3.71. The molecule has 2 atom stereocenters. The monoisotopic (exact) mass is 238 g/mol. The quantitative estimate of drug-likeness (QED) is 0.856. The van der Waals surface area contributed by atoms with Crippen molar-refractivity contribution in [1.82, 2.24) is 4.98 Å². The summed E-state index contributed by atoms with van der Waals surface area (Å²) in [6.45, 7) is 6.17. The second kappa shape index (κ2) is 5.06. The average molecular weight is 238 g/mol. The van der Waals surface area contributed by atoms with Gasteiger partial charge in [-0.15, -0.1) is 0 Å². The van der Waals surface area contributed by atoms with Crippen LogP contribution in [0.25, 0.3) is 0 Å². The van der Waals surface area contributed by atoms with E-state index in [1.165, 1.54) is 5.75 Å². The zero-order chi connectivity index (χ0) is 11.5. The van der Waals surface area contributed by atoms with E-state index in [0.717, 1.165) is 24.5 Å². The van der Waals surface area contributed by atoms with Gasteiger partial charge in [-0.25, -0.2) is 0 Å². The smallest absolute Gasteiger partial charge is 0.0931 e. The Morgan fingerprint density at radius 2 is 2.38 bits per heavy atom. The SMILES string of the molecule is CC1CN(c2ccc(C(C)O)nc2)CCS1. The zero-order valence-corrected chi connectivity index (χ0v) is 10.6. The van der Waals surface area contributed by atoms with Crippen molar-refractivity contribution in [2.24, 2.45) is 0 Å². The molecule has 0 saturated carbocycles. The van der Waals surface area contributed by atoms with Gasteiger partial charge in [0.05, 0.1) is 23.7 Å². The molecule has 1 fully saturated rings. The molecule has 2 rings (SSSR count). The van der Waals surface area contributed by atoms with Gasteiger partial charge in [-0.1, -0.05) is 6.92 Å². The molecule has 1 aromatic rings. The lowest BCUT2D eigenvalue weighted by molar-refractivity contribution is 0.194. The summed E-state index contributed by atoms with van der Waals surface area (Å²) in [5.41, 5.74) is 1.90. The predicted octanol–water partition coefficient (Wildman–Crippen LogP) is 2.08. The Bertz CT molecular complexity index is 339. The first-order chi connectivity index (χ1) is 7.66. The fourth-order valence-electron chi connectivity index (χ4n) is 1.88. The molecule has 16 heavy (non-hydrogen) atoms. The molecule has 1 aliphatic heterocycles. The Morgan fingerprint density at radius 3 is 2.94 bits per heavy atom. The highest BCUT2D eigenvalue weighted by Gasteiger charge is 2.17. The van der Waals surface area contributed by atoms with Gasteiger partial charge in [-0.2, -0.15) is 11.8 Å². The van der Waals surface area contributed by atoms with Gasteiger partial charge in [-0.05, 0) is 19.1 Å². The Hall–Kier alpha value is -0.740. The molecule has 2 heterocycles.